The van der Waals surface area contributed by atoms with Gasteiger partial charge in [-0.25, -0.2) is 8.78 Å². The Morgan fingerprint density at radius 1 is 1.47 bits per heavy atom. The number of carbonyl (C=O) groups excluding carboxylic acids is 1. The molecular weight excluding hydrogens is 226 g/mol. The summed E-state index contributed by atoms with van der Waals surface area (Å²) in [4.78, 5) is 13.4. The van der Waals surface area contributed by atoms with E-state index in [-0.39, 0.29) is 23.9 Å². The summed E-state index contributed by atoms with van der Waals surface area (Å²) in [7, 11) is 0. The molecule has 0 aliphatic carbocycles. The van der Waals surface area contributed by atoms with E-state index in [1.54, 1.807) is 4.90 Å². The lowest BCUT2D eigenvalue weighted by molar-refractivity contribution is -0.129. The molecule has 1 amide bonds. The highest BCUT2D eigenvalue weighted by molar-refractivity contribution is 5.79. The lowest BCUT2D eigenvalue weighted by Gasteiger charge is -2.15. The molecule has 1 saturated heterocycles. The number of hydrogen-bond acceptors (Lipinski definition) is 2. The highest BCUT2D eigenvalue weighted by Gasteiger charge is 2.24. The minimum atomic E-state index is -0.679. The number of amides is 1. The summed E-state index contributed by atoms with van der Waals surface area (Å²) in [5, 5.41) is 0. The summed E-state index contributed by atoms with van der Waals surface area (Å²) in [6, 6.07) is 3.26. The molecule has 1 atom stereocenters. The zero-order chi connectivity index (χ0) is 12.4. The van der Waals surface area contributed by atoms with Gasteiger partial charge in [0, 0.05) is 25.2 Å². The zero-order valence-corrected chi connectivity index (χ0v) is 9.33. The van der Waals surface area contributed by atoms with Crippen LogP contribution in [0.5, 0.6) is 0 Å². The fourth-order valence-electron chi connectivity index (χ4n) is 1.95. The Morgan fingerprint density at radius 2 is 2.24 bits per heavy atom. The van der Waals surface area contributed by atoms with Gasteiger partial charge in [-0.2, -0.15) is 0 Å². The quantitative estimate of drug-likeness (QED) is 0.840. The summed E-state index contributed by atoms with van der Waals surface area (Å²) >= 11 is 0. The molecule has 1 aromatic rings. The van der Waals surface area contributed by atoms with Crippen molar-refractivity contribution in [1.82, 2.24) is 4.90 Å². The van der Waals surface area contributed by atoms with E-state index in [0.29, 0.717) is 13.1 Å². The van der Waals surface area contributed by atoms with Crippen molar-refractivity contribution in [3.63, 3.8) is 0 Å². The minimum absolute atomic E-state index is 0.0111. The average Bonchev–Trinajstić information content (AvgIpc) is 2.69. The lowest BCUT2D eigenvalue weighted by atomic mass is 10.1. The number of benzene rings is 1. The van der Waals surface area contributed by atoms with Gasteiger partial charge in [-0.3, -0.25) is 4.79 Å². The van der Waals surface area contributed by atoms with Crippen molar-refractivity contribution >= 4 is 5.91 Å². The van der Waals surface area contributed by atoms with E-state index < -0.39 is 11.6 Å². The molecule has 1 fully saturated rings. The van der Waals surface area contributed by atoms with Crippen molar-refractivity contribution in [2.24, 2.45) is 5.73 Å². The van der Waals surface area contributed by atoms with Gasteiger partial charge in [-0.15, -0.1) is 0 Å². The second kappa shape index (κ2) is 4.79. The average molecular weight is 240 g/mol. The molecule has 1 aliphatic heterocycles. The molecule has 0 aromatic heterocycles. The molecule has 92 valence electrons. The number of likely N-dealkylation sites (tertiary alicyclic amines) is 1. The molecule has 0 unspecified atom stereocenters. The molecule has 0 spiro atoms. The first kappa shape index (κ1) is 12.0. The normalized spacial score (nSPS) is 19.7. The molecular formula is C12H14F2N2O. The Bertz CT molecular complexity index is 437. The first-order valence-corrected chi connectivity index (χ1v) is 5.53. The zero-order valence-electron chi connectivity index (χ0n) is 9.33. The Hall–Kier alpha value is -1.49. The van der Waals surface area contributed by atoms with Gasteiger partial charge >= 0.3 is 0 Å². The standard InChI is InChI=1S/C12H14F2N2O/c13-9-2-1-8(11(14)6-9)5-12(17)16-4-3-10(15)7-16/h1-2,6,10H,3-5,7,15H2/t10-/m0/s1. The van der Waals surface area contributed by atoms with Gasteiger partial charge in [-0.1, -0.05) is 6.07 Å². The van der Waals surface area contributed by atoms with Gasteiger partial charge in [0.1, 0.15) is 11.6 Å². The topological polar surface area (TPSA) is 46.3 Å². The number of rotatable bonds is 2. The van der Waals surface area contributed by atoms with Crippen molar-refractivity contribution in [2.75, 3.05) is 13.1 Å². The van der Waals surface area contributed by atoms with Crippen molar-refractivity contribution in [3.8, 4) is 0 Å². The molecule has 0 saturated carbocycles. The van der Waals surface area contributed by atoms with Gasteiger partial charge in [0.25, 0.3) is 0 Å². The highest BCUT2D eigenvalue weighted by Crippen LogP contribution is 2.14. The second-order valence-electron chi connectivity index (χ2n) is 4.30. The Labute approximate surface area is 98.2 Å². The van der Waals surface area contributed by atoms with E-state index >= 15 is 0 Å². The third kappa shape index (κ3) is 2.79. The maximum atomic E-state index is 13.3. The first-order valence-electron chi connectivity index (χ1n) is 5.53. The lowest BCUT2D eigenvalue weighted by Crippen LogP contribution is -2.33. The van der Waals surface area contributed by atoms with E-state index in [2.05, 4.69) is 0 Å². The fraction of sp³-hybridized carbons (Fsp3) is 0.417. The molecule has 5 heteroatoms. The monoisotopic (exact) mass is 240 g/mol. The molecule has 2 N–H and O–H groups in total. The molecule has 3 nitrogen and oxygen atoms in total. The Balaban J connectivity index is 2.03. The van der Waals surface area contributed by atoms with Crippen LogP contribution in [0, 0.1) is 11.6 Å². The minimum Gasteiger partial charge on any atom is -0.341 e. The van der Waals surface area contributed by atoms with Crippen molar-refractivity contribution in [2.45, 2.75) is 18.9 Å². The molecule has 1 heterocycles. The van der Waals surface area contributed by atoms with Crippen LogP contribution >= 0.6 is 0 Å². The summed E-state index contributed by atoms with van der Waals surface area (Å²) in [6.45, 7) is 1.13. The summed E-state index contributed by atoms with van der Waals surface area (Å²) in [6.07, 6.45) is 0.733. The van der Waals surface area contributed by atoms with Gasteiger partial charge < -0.3 is 10.6 Å². The van der Waals surface area contributed by atoms with E-state index in [0.717, 1.165) is 18.6 Å². The van der Waals surface area contributed by atoms with Crippen LogP contribution in [0.4, 0.5) is 8.78 Å². The maximum absolute atomic E-state index is 13.3. The van der Waals surface area contributed by atoms with Crippen molar-refractivity contribution in [3.05, 3.63) is 35.4 Å². The number of halogens is 2. The fourth-order valence-corrected chi connectivity index (χ4v) is 1.95. The van der Waals surface area contributed by atoms with E-state index in [1.165, 1.54) is 6.07 Å². The number of nitrogens with zero attached hydrogens (tertiary/aromatic N) is 1. The SMILES string of the molecule is N[C@H]1CCN(C(=O)Cc2ccc(F)cc2F)C1. The molecule has 17 heavy (non-hydrogen) atoms. The smallest absolute Gasteiger partial charge is 0.227 e. The van der Waals surface area contributed by atoms with Crippen LogP contribution in [0.15, 0.2) is 18.2 Å². The van der Waals surface area contributed by atoms with Crippen LogP contribution in [0.3, 0.4) is 0 Å². The van der Waals surface area contributed by atoms with Crippen LogP contribution in [0.2, 0.25) is 0 Å². The third-order valence-corrected chi connectivity index (χ3v) is 2.93. The molecule has 1 aromatic carbocycles. The Kier molecular flexibility index (Phi) is 3.38. The van der Waals surface area contributed by atoms with Crippen LogP contribution in [0.25, 0.3) is 0 Å². The Morgan fingerprint density at radius 3 is 2.82 bits per heavy atom. The van der Waals surface area contributed by atoms with Crippen LogP contribution in [0.1, 0.15) is 12.0 Å². The predicted octanol–water partition coefficient (Wildman–Crippen LogP) is 1.07. The number of nitrogens with two attached hydrogens (primary N) is 1. The summed E-state index contributed by atoms with van der Waals surface area (Å²) in [5.41, 5.74) is 5.91. The van der Waals surface area contributed by atoms with Crippen molar-refractivity contribution in [1.29, 1.82) is 0 Å². The number of carbonyl (C=O) groups is 1. The predicted molar refractivity (Wildman–Crippen MR) is 59.2 cm³/mol. The molecule has 1 aliphatic rings. The highest BCUT2D eigenvalue weighted by atomic mass is 19.1. The molecule has 2 rings (SSSR count). The largest absolute Gasteiger partial charge is 0.341 e. The van der Waals surface area contributed by atoms with E-state index in [1.807, 2.05) is 0 Å². The molecule has 0 radical (unpaired) electrons. The summed E-state index contributed by atoms with van der Waals surface area (Å²) < 4.78 is 26.0. The number of hydrogen-bond donors (Lipinski definition) is 1. The van der Waals surface area contributed by atoms with Gasteiger partial charge in [-0.05, 0) is 18.1 Å². The van der Waals surface area contributed by atoms with Gasteiger partial charge in [0.05, 0.1) is 6.42 Å². The maximum Gasteiger partial charge on any atom is 0.227 e. The van der Waals surface area contributed by atoms with Crippen molar-refractivity contribution < 1.29 is 13.6 Å². The van der Waals surface area contributed by atoms with E-state index in [9.17, 15) is 13.6 Å². The third-order valence-electron chi connectivity index (χ3n) is 2.93. The van der Waals surface area contributed by atoms with Crippen LogP contribution in [-0.4, -0.2) is 29.9 Å². The van der Waals surface area contributed by atoms with E-state index in [4.69, 9.17) is 5.73 Å². The van der Waals surface area contributed by atoms with Gasteiger partial charge in [0.2, 0.25) is 5.91 Å². The van der Waals surface area contributed by atoms with Gasteiger partial charge in [0.15, 0.2) is 0 Å². The first-order chi connectivity index (χ1) is 8.06. The van der Waals surface area contributed by atoms with Crippen LogP contribution in [-0.2, 0) is 11.2 Å². The molecule has 0 bridgehead atoms. The second-order valence-corrected chi connectivity index (χ2v) is 4.30. The van der Waals surface area contributed by atoms with Crippen LogP contribution < -0.4 is 5.73 Å². The summed E-state index contributed by atoms with van der Waals surface area (Å²) in [5.74, 6) is -1.48.